The highest BCUT2D eigenvalue weighted by Gasteiger charge is 2.21. The van der Waals surface area contributed by atoms with Crippen molar-refractivity contribution in [2.24, 2.45) is 0 Å². The van der Waals surface area contributed by atoms with Crippen molar-refractivity contribution in [1.82, 2.24) is 15.3 Å². The number of aromatic nitrogens is 2. The molecule has 1 aliphatic carbocycles. The molecule has 5 nitrogen and oxygen atoms in total. The third kappa shape index (κ3) is 4.19. The van der Waals surface area contributed by atoms with Gasteiger partial charge in [-0.2, -0.15) is 0 Å². The number of anilines is 1. The summed E-state index contributed by atoms with van der Waals surface area (Å²) in [5.41, 5.74) is 5.37. The van der Waals surface area contributed by atoms with Crippen molar-refractivity contribution in [3.63, 3.8) is 0 Å². The maximum Gasteiger partial charge on any atom is 0.239 e. The quantitative estimate of drug-likeness (QED) is 0.709. The Balaban J connectivity index is 1.39. The fourth-order valence-corrected chi connectivity index (χ4v) is 3.74. The van der Waals surface area contributed by atoms with Gasteiger partial charge in [0.1, 0.15) is 5.82 Å². The lowest BCUT2D eigenvalue weighted by Crippen LogP contribution is -2.35. The van der Waals surface area contributed by atoms with E-state index in [-0.39, 0.29) is 18.5 Å². The molecule has 5 heteroatoms. The van der Waals surface area contributed by atoms with E-state index < -0.39 is 0 Å². The average molecular weight is 372 g/mol. The van der Waals surface area contributed by atoms with Gasteiger partial charge in [0.05, 0.1) is 18.3 Å². The zero-order valence-corrected chi connectivity index (χ0v) is 16.0. The molecule has 2 aromatic carbocycles. The molecule has 1 aromatic heterocycles. The molecule has 0 aliphatic heterocycles. The van der Waals surface area contributed by atoms with E-state index in [9.17, 15) is 4.79 Å². The zero-order valence-electron chi connectivity index (χ0n) is 16.0. The van der Waals surface area contributed by atoms with Crippen LogP contribution in [0.15, 0.2) is 60.8 Å². The summed E-state index contributed by atoms with van der Waals surface area (Å²) in [5.74, 6) is 0.744. The highest BCUT2D eigenvalue weighted by Crippen LogP contribution is 2.29. The second kappa shape index (κ2) is 8.21. The summed E-state index contributed by atoms with van der Waals surface area (Å²) in [7, 11) is 0. The predicted octanol–water partition coefficient (Wildman–Crippen LogP) is 4.06. The molecule has 1 atom stereocenters. The first-order valence-electron chi connectivity index (χ1n) is 9.70. The molecule has 0 spiro atoms. The van der Waals surface area contributed by atoms with E-state index in [1.165, 1.54) is 11.1 Å². The Hall–Kier alpha value is -3.21. The van der Waals surface area contributed by atoms with Crippen molar-refractivity contribution in [3.05, 3.63) is 77.7 Å². The van der Waals surface area contributed by atoms with E-state index in [1.807, 2.05) is 43.3 Å². The molecular weight excluding hydrogens is 348 g/mol. The summed E-state index contributed by atoms with van der Waals surface area (Å²) in [5, 5.41) is 6.40. The maximum absolute atomic E-state index is 12.5. The van der Waals surface area contributed by atoms with E-state index in [4.69, 9.17) is 0 Å². The third-order valence-corrected chi connectivity index (χ3v) is 5.09. The number of hydrogen-bond acceptors (Lipinski definition) is 4. The van der Waals surface area contributed by atoms with Crippen LogP contribution in [0.4, 0.5) is 5.69 Å². The van der Waals surface area contributed by atoms with Crippen molar-refractivity contribution in [2.75, 3.05) is 11.9 Å². The Morgan fingerprint density at radius 3 is 2.93 bits per heavy atom. The van der Waals surface area contributed by atoms with Crippen LogP contribution in [0.5, 0.6) is 0 Å². The SMILES string of the molecule is Cc1nccc(-c2cccc(NCC(=O)NC3CCCc4ccccc43)c2)n1. The summed E-state index contributed by atoms with van der Waals surface area (Å²) < 4.78 is 0. The Morgan fingerprint density at radius 2 is 2.04 bits per heavy atom. The molecule has 1 aliphatic rings. The normalized spacial score (nSPS) is 15.5. The van der Waals surface area contributed by atoms with Crippen LogP contribution in [-0.2, 0) is 11.2 Å². The van der Waals surface area contributed by atoms with Crippen LogP contribution in [0.2, 0.25) is 0 Å². The lowest BCUT2D eigenvalue weighted by molar-refractivity contribution is -0.120. The molecule has 4 rings (SSSR count). The second-order valence-electron chi connectivity index (χ2n) is 7.13. The number of nitrogens with one attached hydrogen (secondary N) is 2. The first-order chi connectivity index (χ1) is 13.7. The Bertz CT molecular complexity index is 986. The van der Waals surface area contributed by atoms with E-state index in [2.05, 4.69) is 38.8 Å². The molecule has 1 unspecified atom stereocenters. The minimum atomic E-state index is 0.00462. The Morgan fingerprint density at radius 1 is 1.14 bits per heavy atom. The monoisotopic (exact) mass is 372 g/mol. The van der Waals surface area contributed by atoms with Gasteiger partial charge in [-0.1, -0.05) is 36.4 Å². The topological polar surface area (TPSA) is 66.9 Å². The van der Waals surface area contributed by atoms with Gasteiger partial charge in [-0.15, -0.1) is 0 Å². The van der Waals surface area contributed by atoms with Gasteiger partial charge >= 0.3 is 0 Å². The molecule has 0 fully saturated rings. The van der Waals surface area contributed by atoms with E-state index in [1.54, 1.807) is 6.20 Å². The highest BCUT2D eigenvalue weighted by atomic mass is 16.1. The number of amides is 1. The van der Waals surface area contributed by atoms with Gasteiger partial charge in [0.2, 0.25) is 5.91 Å². The number of carbonyl (C=O) groups is 1. The van der Waals surface area contributed by atoms with Crippen LogP contribution in [-0.4, -0.2) is 22.4 Å². The molecule has 28 heavy (non-hydrogen) atoms. The summed E-state index contributed by atoms with van der Waals surface area (Å²) >= 11 is 0. The predicted molar refractivity (Wildman–Crippen MR) is 111 cm³/mol. The van der Waals surface area contributed by atoms with Crippen LogP contribution in [0, 0.1) is 6.92 Å². The third-order valence-electron chi connectivity index (χ3n) is 5.09. The lowest BCUT2D eigenvalue weighted by Gasteiger charge is -2.26. The van der Waals surface area contributed by atoms with Crippen LogP contribution in [0.1, 0.15) is 35.8 Å². The van der Waals surface area contributed by atoms with E-state index in [0.29, 0.717) is 0 Å². The summed E-state index contributed by atoms with van der Waals surface area (Å²) in [6.07, 6.45) is 4.95. The lowest BCUT2D eigenvalue weighted by atomic mass is 9.88. The first kappa shape index (κ1) is 18.2. The molecule has 0 radical (unpaired) electrons. The van der Waals surface area contributed by atoms with Crippen LogP contribution in [0.3, 0.4) is 0 Å². The molecule has 0 saturated carbocycles. The average Bonchev–Trinajstić information content (AvgIpc) is 2.73. The fourth-order valence-electron chi connectivity index (χ4n) is 3.74. The molecule has 3 aromatic rings. The Kier molecular flexibility index (Phi) is 5.33. The summed E-state index contributed by atoms with van der Waals surface area (Å²) in [6.45, 7) is 2.12. The molecule has 0 bridgehead atoms. The number of rotatable bonds is 5. The maximum atomic E-state index is 12.5. The van der Waals surface area contributed by atoms with Crippen LogP contribution >= 0.6 is 0 Å². The van der Waals surface area contributed by atoms with Gasteiger partial charge in [-0.3, -0.25) is 4.79 Å². The van der Waals surface area contributed by atoms with Gasteiger partial charge in [0.25, 0.3) is 0 Å². The number of carbonyl (C=O) groups excluding carboxylic acids is 1. The van der Waals surface area contributed by atoms with Crippen molar-refractivity contribution in [1.29, 1.82) is 0 Å². The second-order valence-corrected chi connectivity index (χ2v) is 7.13. The van der Waals surface area contributed by atoms with Gasteiger partial charge in [-0.05, 0) is 55.5 Å². The number of hydrogen-bond donors (Lipinski definition) is 2. The van der Waals surface area contributed by atoms with Crippen molar-refractivity contribution >= 4 is 11.6 Å². The number of fused-ring (bicyclic) bond motifs is 1. The number of benzene rings is 2. The van der Waals surface area contributed by atoms with Crippen LogP contribution < -0.4 is 10.6 Å². The molecule has 2 N–H and O–H groups in total. The number of aryl methyl sites for hydroxylation is 2. The minimum absolute atomic E-state index is 0.00462. The van der Waals surface area contributed by atoms with Crippen molar-refractivity contribution in [2.45, 2.75) is 32.2 Å². The van der Waals surface area contributed by atoms with Gasteiger partial charge in [0, 0.05) is 17.4 Å². The van der Waals surface area contributed by atoms with Gasteiger partial charge in [0.15, 0.2) is 0 Å². The molecule has 142 valence electrons. The largest absolute Gasteiger partial charge is 0.376 e. The molecular formula is C23H24N4O. The first-order valence-corrected chi connectivity index (χ1v) is 9.70. The standard InChI is InChI=1S/C23H24N4O/c1-16-24-13-12-21(26-16)18-8-4-9-19(14-18)25-15-23(28)27-22-11-5-7-17-6-2-3-10-20(17)22/h2-4,6,8-10,12-14,22,25H,5,7,11,15H2,1H3,(H,27,28). The molecule has 0 saturated heterocycles. The highest BCUT2D eigenvalue weighted by molar-refractivity contribution is 5.81. The molecule has 1 amide bonds. The van der Waals surface area contributed by atoms with Gasteiger partial charge in [-0.25, -0.2) is 9.97 Å². The fraction of sp³-hybridized carbons (Fsp3) is 0.261. The number of nitrogens with zero attached hydrogens (tertiary/aromatic N) is 2. The zero-order chi connectivity index (χ0) is 19.3. The smallest absolute Gasteiger partial charge is 0.239 e. The Labute approximate surface area is 165 Å². The van der Waals surface area contributed by atoms with Crippen molar-refractivity contribution < 1.29 is 4.79 Å². The summed E-state index contributed by atoms with van der Waals surface area (Å²) in [6, 6.07) is 18.3. The van der Waals surface area contributed by atoms with Crippen LogP contribution in [0.25, 0.3) is 11.3 Å². The summed E-state index contributed by atoms with van der Waals surface area (Å²) in [4.78, 5) is 21.1. The molecule has 1 heterocycles. The van der Waals surface area contributed by atoms with E-state index in [0.717, 1.165) is 42.0 Å². The van der Waals surface area contributed by atoms with Crippen molar-refractivity contribution in [3.8, 4) is 11.3 Å². The van der Waals surface area contributed by atoms with E-state index >= 15 is 0 Å². The minimum Gasteiger partial charge on any atom is -0.376 e. The van der Waals surface area contributed by atoms with Gasteiger partial charge < -0.3 is 10.6 Å².